The van der Waals surface area contributed by atoms with Gasteiger partial charge in [0.1, 0.15) is 17.5 Å². The van der Waals surface area contributed by atoms with Crippen LogP contribution in [0.4, 0.5) is 5.82 Å². The molecule has 6 rings (SSSR count). The van der Waals surface area contributed by atoms with E-state index in [1.54, 1.807) is 0 Å². The van der Waals surface area contributed by atoms with E-state index in [1.807, 2.05) is 18.2 Å². The summed E-state index contributed by atoms with van der Waals surface area (Å²) in [5, 5.41) is 9.93. The van der Waals surface area contributed by atoms with Crippen LogP contribution in [0.15, 0.2) is 24.3 Å². The number of carbonyl (C=O) groups is 1. The summed E-state index contributed by atoms with van der Waals surface area (Å²) in [6, 6.07) is 10.6. The third kappa shape index (κ3) is 2.33. The maximum Gasteiger partial charge on any atom is 0.306 e. The Balaban J connectivity index is 1.53. The van der Waals surface area contributed by atoms with E-state index in [9.17, 15) is 10.1 Å². The molecule has 0 radical (unpaired) electrons. The van der Waals surface area contributed by atoms with Gasteiger partial charge in [0.2, 0.25) is 0 Å². The normalized spacial score (nSPS) is 20.4. The van der Waals surface area contributed by atoms with Crippen LogP contribution in [-0.4, -0.2) is 34.0 Å². The molecular weight excluding hydrogens is 364 g/mol. The fourth-order valence-corrected chi connectivity index (χ4v) is 5.55. The monoisotopic (exact) mass is 386 g/mol. The number of hydrogen-bond acceptors (Lipinski definition) is 5. The summed E-state index contributed by atoms with van der Waals surface area (Å²) < 4.78 is 7.92. The lowest BCUT2D eigenvalue weighted by Gasteiger charge is -2.40. The Hall–Kier alpha value is -3.07. The van der Waals surface area contributed by atoms with Gasteiger partial charge in [-0.1, -0.05) is 12.1 Å². The van der Waals surface area contributed by atoms with Gasteiger partial charge in [-0.2, -0.15) is 5.26 Å². The zero-order chi connectivity index (χ0) is 19.6. The summed E-state index contributed by atoms with van der Waals surface area (Å²) in [5.74, 6) is 1.14. The quantitative estimate of drug-likeness (QED) is 0.599. The molecule has 6 nitrogen and oxygen atoms in total. The van der Waals surface area contributed by atoms with E-state index in [-0.39, 0.29) is 11.6 Å². The van der Waals surface area contributed by atoms with Gasteiger partial charge in [-0.15, -0.1) is 0 Å². The van der Waals surface area contributed by atoms with E-state index in [1.165, 1.54) is 16.9 Å². The van der Waals surface area contributed by atoms with Crippen molar-refractivity contribution in [1.29, 1.82) is 5.26 Å². The Morgan fingerprint density at radius 3 is 2.62 bits per heavy atom. The summed E-state index contributed by atoms with van der Waals surface area (Å²) >= 11 is 0. The molecule has 2 aromatic heterocycles. The minimum atomic E-state index is -0.264. The number of esters is 1. The molecule has 0 bridgehead atoms. The van der Waals surface area contributed by atoms with Crippen LogP contribution in [-0.2, 0) is 22.4 Å². The van der Waals surface area contributed by atoms with Crippen LogP contribution >= 0.6 is 0 Å². The first-order valence-corrected chi connectivity index (χ1v) is 10.5. The second-order valence-corrected chi connectivity index (χ2v) is 8.52. The summed E-state index contributed by atoms with van der Waals surface area (Å²) in [7, 11) is 0. The van der Waals surface area contributed by atoms with E-state index in [0.29, 0.717) is 6.42 Å². The number of anilines is 1. The standard InChI is InChI=1S/C23H22N4O2/c24-14-17-15-4-3-5-16(15)22(27-19-7-2-1-6-18(19)25-21(17)27)26-12-10-23(11-13-26)9-8-20(28)29-23/h1-2,6-7H,3-5,8-13H2. The first-order valence-electron chi connectivity index (χ1n) is 10.5. The molecule has 2 aliphatic heterocycles. The molecule has 6 heteroatoms. The Bertz CT molecular complexity index is 1210. The highest BCUT2D eigenvalue weighted by molar-refractivity contribution is 5.86. The highest BCUT2D eigenvalue weighted by Gasteiger charge is 2.43. The van der Waals surface area contributed by atoms with Crippen LogP contribution < -0.4 is 4.90 Å². The van der Waals surface area contributed by atoms with E-state index in [2.05, 4.69) is 21.4 Å². The van der Waals surface area contributed by atoms with Gasteiger partial charge < -0.3 is 9.64 Å². The molecule has 4 heterocycles. The van der Waals surface area contributed by atoms with E-state index < -0.39 is 0 Å². The van der Waals surface area contributed by atoms with Crippen molar-refractivity contribution in [1.82, 2.24) is 9.38 Å². The Labute approximate surface area is 168 Å². The maximum atomic E-state index is 11.7. The average molecular weight is 386 g/mol. The lowest BCUT2D eigenvalue weighted by Crippen LogP contribution is -2.45. The summed E-state index contributed by atoms with van der Waals surface area (Å²) in [5.41, 5.74) is 5.70. The summed E-state index contributed by atoms with van der Waals surface area (Å²) in [6.07, 6.45) is 6.14. The highest BCUT2D eigenvalue weighted by atomic mass is 16.6. The number of benzene rings is 1. The number of pyridine rings is 1. The number of imidazole rings is 1. The number of nitriles is 1. The van der Waals surface area contributed by atoms with E-state index in [4.69, 9.17) is 9.72 Å². The van der Waals surface area contributed by atoms with Gasteiger partial charge in [-0.05, 0) is 48.9 Å². The molecule has 1 spiro atoms. The van der Waals surface area contributed by atoms with Gasteiger partial charge in [0.05, 0.1) is 16.6 Å². The smallest absolute Gasteiger partial charge is 0.306 e. The molecule has 1 aliphatic carbocycles. The number of nitrogens with zero attached hydrogens (tertiary/aromatic N) is 4. The topological polar surface area (TPSA) is 70.6 Å². The Kier molecular flexibility index (Phi) is 3.46. The van der Waals surface area contributed by atoms with Crippen LogP contribution in [0.5, 0.6) is 0 Å². The molecular formula is C23H22N4O2. The summed E-state index contributed by atoms with van der Waals surface area (Å²) in [6.45, 7) is 1.71. The molecule has 3 aromatic rings. The van der Waals surface area contributed by atoms with Crippen LogP contribution in [0.25, 0.3) is 16.7 Å². The average Bonchev–Trinajstić information content (AvgIpc) is 3.45. The first kappa shape index (κ1) is 16.8. The molecule has 2 saturated heterocycles. The molecule has 0 N–H and O–H groups in total. The third-order valence-electron chi connectivity index (χ3n) is 6.99. The fourth-order valence-electron chi connectivity index (χ4n) is 5.55. The van der Waals surface area contributed by atoms with Crippen molar-refractivity contribution < 1.29 is 9.53 Å². The van der Waals surface area contributed by atoms with Crippen molar-refractivity contribution in [2.24, 2.45) is 0 Å². The van der Waals surface area contributed by atoms with Crippen molar-refractivity contribution in [3.8, 4) is 6.07 Å². The zero-order valence-corrected chi connectivity index (χ0v) is 16.3. The molecule has 0 amide bonds. The minimum absolute atomic E-state index is 0.0549. The number of rotatable bonds is 1. The molecule has 1 aromatic carbocycles. The van der Waals surface area contributed by atoms with Crippen LogP contribution in [0.1, 0.15) is 48.8 Å². The summed E-state index contributed by atoms with van der Waals surface area (Å²) in [4.78, 5) is 19.0. The van der Waals surface area contributed by atoms with Gasteiger partial charge in [0.15, 0.2) is 5.65 Å². The fraction of sp³-hybridized carbons (Fsp3) is 0.435. The molecule has 29 heavy (non-hydrogen) atoms. The van der Waals surface area contributed by atoms with Gasteiger partial charge in [0, 0.05) is 32.4 Å². The van der Waals surface area contributed by atoms with E-state index >= 15 is 0 Å². The Morgan fingerprint density at radius 1 is 1.07 bits per heavy atom. The lowest BCUT2D eigenvalue weighted by molar-refractivity contribution is -0.149. The van der Waals surface area contributed by atoms with Crippen molar-refractivity contribution in [3.63, 3.8) is 0 Å². The highest BCUT2D eigenvalue weighted by Crippen LogP contribution is 2.42. The van der Waals surface area contributed by atoms with Crippen molar-refractivity contribution >= 4 is 28.5 Å². The molecule has 2 fully saturated rings. The zero-order valence-electron chi connectivity index (χ0n) is 16.3. The van der Waals surface area contributed by atoms with Crippen molar-refractivity contribution in [2.45, 2.75) is 50.5 Å². The predicted molar refractivity (Wildman–Crippen MR) is 109 cm³/mol. The second kappa shape index (κ2) is 5.96. The number of para-hydroxylation sites is 2. The first-order chi connectivity index (χ1) is 14.2. The van der Waals surface area contributed by atoms with E-state index in [0.717, 1.165) is 73.9 Å². The largest absolute Gasteiger partial charge is 0.459 e. The number of aromatic nitrogens is 2. The molecule has 146 valence electrons. The minimum Gasteiger partial charge on any atom is -0.459 e. The number of ether oxygens (including phenoxy) is 1. The van der Waals surface area contributed by atoms with Gasteiger partial charge >= 0.3 is 5.97 Å². The second-order valence-electron chi connectivity index (χ2n) is 8.52. The third-order valence-corrected chi connectivity index (χ3v) is 6.99. The van der Waals surface area contributed by atoms with Crippen molar-refractivity contribution in [3.05, 3.63) is 41.0 Å². The number of hydrogen-bond donors (Lipinski definition) is 0. The van der Waals surface area contributed by atoms with Crippen LogP contribution in [0, 0.1) is 11.3 Å². The SMILES string of the molecule is N#Cc1c2c(c(N3CCC4(CCC(=O)O4)CC3)n3c1nc1ccccc13)CCC2. The van der Waals surface area contributed by atoms with Crippen molar-refractivity contribution in [2.75, 3.05) is 18.0 Å². The molecule has 0 saturated carbocycles. The predicted octanol–water partition coefficient (Wildman–Crippen LogP) is 3.52. The number of piperidine rings is 1. The molecule has 3 aliphatic rings. The number of carbonyl (C=O) groups excluding carboxylic acids is 1. The van der Waals surface area contributed by atoms with Gasteiger partial charge in [-0.25, -0.2) is 4.98 Å². The van der Waals surface area contributed by atoms with Gasteiger partial charge in [-0.3, -0.25) is 9.20 Å². The molecule has 0 atom stereocenters. The van der Waals surface area contributed by atoms with Crippen LogP contribution in [0.2, 0.25) is 0 Å². The van der Waals surface area contributed by atoms with Gasteiger partial charge in [0.25, 0.3) is 0 Å². The Morgan fingerprint density at radius 2 is 1.86 bits per heavy atom. The van der Waals surface area contributed by atoms with Crippen LogP contribution in [0.3, 0.4) is 0 Å². The maximum absolute atomic E-state index is 11.7. The molecule has 0 unspecified atom stereocenters. The number of fused-ring (bicyclic) bond motifs is 4. The lowest BCUT2D eigenvalue weighted by atomic mass is 9.88.